The van der Waals surface area contributed by atoms with E-state index < -0.39 is 17.2 Å². The first-order chi connectivity index (χ1) is 10.4. The van der Waals surface area contributed by atoms with Crippen molar-refractivity contribution in [2.75, 3.05) is 6.54 Å². The molecule has 2 rings (SSSR count). The molecule has 2 N–H and O–H groups in total. The third-order valence-electron chi connectivity index (χ3n) is 4.25. The van der Waals surface area contributed by atoms with Crippen molar-refractivity contribution in [1.82, 2.24) is 5.32 Å². The average Bonchev–Trinajstić information content (AvgIpc) is 2.50. The molecule has 22 heavy (non-hydrogen) atoms. The van der Waals surface area contributed by atoms with Gasteiger partial charge in [0.2, 0.25) is 5.91 Å². The second-order valence-corrected chi connectivity index (χ2v) is 6.69. The predicted octanol–water partition coefficient (Wildman–Crippen LogP) is 3.28. The van der Waals surface area contributed by atoms with Crippen LogP contribution >= 0.6 is 15.9 Å². The number of hydrogen-bond acceptors (Lipinski definition) is 2. The quantitative estimate of drug-likeness (QED) is 0.834. The highest BCUT2D eigenvalue weighted by molar-refractivity contribution is 9.10. The van der Waals surface area contributed by atoms with Gasteiger partial charge in [0.15, 0.2) is 0 Å². The second kappa shape index (κ2) is 7.22. The zero-order valence-electron chi connectivity index (χ0n) is 12.2. The van der Waals surface area contributed by atoms with Crippen molar-refractivity contribution in [1.29, 1.82) is 0 Å². The topological polar surface area (TPSA) is 66.4 Å². The van der Waals surface area contributed by atoms with Crippen LogP contribution in [0.25, 0.3) is 0 Å². The largest absolute Gasteiger partial charge is 0.481 e. The Bertz CT molecular complexity index is 571. The van der Waals surface area contributed by atoms with Gasteiger partial charge in [0.25, 0.3) is 0 Å². The smallest absolute Gasteiger partial charge is 0.311 e. The van der Waals surface area contributed by atoms with Gasteiger partial charge < -0.3 is 10.4 Å². The van der Waals surface area contributed by atoms with Crippen molar-refractivity contribution in [3.8, 4) is 0 Å². The van der Waals surface area contributed by atoms with Gasteiger partial charge in [-0.05, 0) is 36.6 Å². The maximum Gasteiger partial charge on any atom is 0.311 e. The number of rotatable bonds is 5. The van der Waals surface area contributed by atoms with Gasteiger partial charge >= 0.3 is 5.97 Å². The minimum Gasteiger partial charge on any atom is -0.481 e. The average molecular weight is 372 g/mol. The molecule has 0 saturated heterocycles. The van der Waals surface area contributed by atoms with E-state index >= 15 is 0 Å². The molecule has 120 valence electrons. The lowest BCUT2D eigenvalue weighted by Gasteiger charge is -2.33. The normalized spacial score (nSPS) is 17.0. The molecular formula is C16H19BrFNO3. The van der Waals surface area contributed by atoms with E-state index in [1.165, 1.54) is 12.1 Å². The van der Waals surface area contributed by atoms with Crippen LogP contribution < -0.4 is 5.32 Å². The van der Waals surface area contributed by atoms with Gasteiger partial charge in [-0.25, -0.2) is 4.39 Å². The number of carboxylic acids is 1. The number of carbonyl (C=O) groups is 2. The van der Waals surface area contributed by atoms with Crippen molar-refractivity contribution >= 4 is 27.8 Å². The second-order valence-electron chi connectivity index (χ2n) is 5.84. The lowest BCUT2D eigenvalue weighted by Crippen LogP contribution is -2.44. The van der Waals surface area contributed by atoms with Crippen LogP contribution in [0.15, 0.2) is 22.7 Å². The van der Waals surface area contributed by atoms with Crippen molar-refractivity contribution in [3.63, 3.8) is 0 Å². The van der Waals surface area contributed by atoms with Crippen LogP contribution in [-0.2, 0) is 16.0 Å². The summed E-state index contributed by atoms with van der Waals surface area (Å²) in [6.45, 7) is 0.133. The fraction of sp³-hybridized carbons (Fsp3) is 0.500. The van der Waals surface area contributed by atoms with Crippen LogP contribution in [0.2, 0.25) is 0 Å². The number of aliphatic carboxylic acids is 1. The van der Waals surface area contributed by atoms with Gasteiger partial charge in [-0.3, -0.25) is 9.59 Å². The number of nitrogens with one attached hydrogen (secondary N) is 1. The molecule has 1 aliphatic carbocycles. The molecule has 0 spiro atoms. The predicted molar refractivity (Wildman–Crippen MR) is 84.0 cm³/mol. The summed E-state index contributed by atoms with van der Waals surface area (Å²) in [5.74, 6) is -1.54. The fourth-order valence-electron chi connectivity index (χ4n) is 2.88. The molecule has 1 amide bonds. The molecule has 6 heteroatoms. The third kappa shape index (κ3) is 4.06. The van der Waals surface area contributed by atoms with E-state index in [-0.39, 0.29) is 18.9 Å². The lowest BCUT2D eigenvalue weighted by molar-refractivity contribution is -0.151. The number of carbonyl (C=O) groups excluding carboxylic acids is 1. The highest BCUT2D eigenvalue weighted by atomic mass is 79.9. The SMILES string of the molecule is O=C(Cc1cc(F)ccc1Br)NCC1(C(=O)O)CCCCC1. The number of carboxylic acid groups (broad SMARTS) is 1. The van der Waals surface area contributed by atoms with E-state index in [9.17, 15) is 19.1 Å². The fourth-order valence-corrected chi connectivity index (χ4v) is 3.26. The molecule has 0 atom stereocenters. The summed E-state index contributed by atoms with van der Waals surface area (Å²) in [4.78, 5) is 23.6. The molecule has 4 nitrogen and oxygen atoms in total. The number of amides is 1. The standard InChI is InChI=1S/C16H19BrFNO3/c17-13-5-4-12(18)8-11(13)9-14(20)19-10-16(15(21)22)6-2-1-3-7-16/h4-5,8H,1-3,6-7,9-10H2,(H,19,20)(H,21,22). The number of benzene rings is 1. The van der Waals surface area contributed by atoms with E-state index in [1.54, 1.807) is 6.07 Å². The molecule has 0 aliphatic heterocycles. The van der Waals surface area contributed by atoms with E-state index in [0.717, 1.165) is 19.3 Å². The molecule has 0 aromatic heterocycles. The first-order valence-corrected chi connectivity index (χ1v) is 8.16. The summed E-state index contributed by atoms with van der Waals surface area (Å²) in [6, 6.07) is 4.17. The Morgan fingerprint density at radius 2 is 1.95 bits per heavy atom. The van der Waals surface area contributed by atoms with Crippen LogP contribution in [0, 0.1) is 11.2 Å². The van der Waals surface area contributed by atoms with Gasteiger partial charge in [0, 0.05) is 11.0 Å². The molecule has 0 unspecified atom stereocenters. The van der Waals surface area contributed by atoms with E-state index in [2.05, 4.69) is 21.2 Å². The summed E-state index contributed by atoms with van der Waals surface area (Å²) >= 11 is 3.28. The maximum absolute atomic E-state index is 13.2. The van der Waals surface area contributed by atoms with Gasteiger partial charge in [-0.2, -0.15) is 0 Å². The summed E-state index contributed by atoms with van der Waals surface area (Å²) in [5, 5.41) is 12.2. The van der Waals surface area contributed by atoms with Gasteiger partial charge in [-0.15, -0.1) is 0 Å². The maximum atomic E-state index is 13.2. The Labute approximate surface area is 137 Å². The zero-order valence-corrected chi connectivity index (χ0v) is 13.8. The molecule has 1 saturated carbocycles. The summed E-state index contributed by atoms with van der Waals surface area (Å²) < 4.78 is 13.9. The van der Waals surface area contributed by atoms with Crippen LogP contribution in [0.4, 0.5) is 4.39 Å². The third-order valence-corrected chi connectivity index (χ3v) is 5.02. The van der Waals surface area contributed by atoms with Crippen LogP contribution in [0.1, 0.15) is 37.7 Å². The van der Waals surface area contributed by atoms with Crippen molar-refractivity contribution in [2.45, 2.75) is 38.5 Å². The van der Waals surface area contributed by atoms with Gasteiger partial charge in [0.1, 0.15) is 5.82 Å². The Kier molecular flexibility index (Phi) is 5.56. The molecule has 0 radical (unpaired) electrons. The molecule has 1 fully saturated rings. The monoisotopic (exact) mass is 371 g/mol. The molecule has 0 heterocycles. The summed E-state index contributed by atoms with van der Waals surface area (Å²) in [7, 11) is 0. The molecule has 1 aromatic carbocycles. The van der Waals surface area contributed by atoms with E-state index in [0.29, 0.717) is 22.9 Å². The minimum atomic E-state index is -0.854. The molecule has 1 aliphatic rings. The zero-order chi connectivity index (χ0) is 16.2. The van der Waals surface area contributed by atoms with Crippen molar-refractivity contribution < 1.29 is 19.1 Å². The Morgan fingerprint density at radius 1 is 1.27 bits per heavy atom. The van der Waals surface area contributed by atoms with Crippen molar-refractivity contribution in [2.24, 2.45) is 5.41 Å². The first-order valence-electron chi connectivity index (χ1n) is 7.37. The van der Waals surface area contributed by atoms with Gasteiger partial charge in [-0.1, -0.05) is 35.2 Å². The summed E-state index contributed by atoms with van der Waals surface area (Å²) in [6.07, 6.45) is 3.99. The van der Waals surface area contributed by atoms with Crippen LogP contribution in [-0.4, -0.2) is 23.5 Å². The minimum absolute atomic E-state index is 0.0219. The summed E-state index contributed by atoms with van der Waals surface area (Å²) in [5.41, 5.74) is -0.307. The molecule has 1 aromatic rings. The lowest BCUT2D eigenvalue weighted by atomic mass is 9.74. The highest BCUT2D eigenvalue weighted by Gasteiger charge is 2.39. The van der Waals surface area contributed by atoms with Crippen LogP contribution in [0.3, 0.4) is 0 Å². The highest BCUT2D eigenvalue weighted by Crippen LogP contribution is 2.36. The van der Waals surface area contributed by atoms with E-state index in [1.807, 2.05) is 0 Å². The molecule has 0 bridgehead atoms. The van der Waals surface area contributed by atoms with Gasteiger partial charge in [0.05, 0.1) is 11.8 Å². The first kappa shape index (κ1) is 16.9. The Morgan fingerprint density at radius 3 is 2.59 bits per heavy atom. The Balaban J connectivity index is 1.96. The Hall–Kier alpha value is -1.43. The number of hydrogen-bond donors (Lipinski definition) is 2. The number of halogens is 2. The molecular weight excluding hydrogens is 353 g/mol. The van der Waals surface area contributed by atoms with E-state index in [4.69, 9.17) is 0 Å². The van der Waals surface area contributed by atoms with Crippen molar-refractivity contribution in [3.05, 3.63) is 34.1 Å². The van der Waals surface area contributed by atoms with Crippen LogP contribution in [0.5, 0.6) is 0 Å².